The van der Waals surface area contributed by atoms with Crippen molar-refractivity contribution in [2.75, 3.05) is 6.61 Å². The Bertz CT molecular complexity index is 629. The number of aryl methyl sites for hydroxylation is 2. The maximum Gasteiger partial charge on any atom is 0.193 e. The summed E-state index contributed by atoms with van der Waals surface area (Å²) in [6.07, 6.45) is 2.01. The highest BCUT2D eigenvalue weighted by Crippen LogP contribution is 2.26. The molecule has 2 heteroatoms. The number of carbonyl (C=O) groups excluding carboxylic acids is 1. The van der Waals surface area contributed by atoms with Crippen molar-refractivity contribution in [3.63, 3.8) is 0 Å². The molecule has 2 nitrogen and oxygen atoms in total. The molecular formula is C17H16O2. The summed E-state index contributed by atoms with van der Waals surface area (Å²) in [7, 11) is 0. The number of benzene rings is 2. The molecule has 1 aliphatic heterocycles. The Morgan fingerprint density at radius 2 is 2.00 bits per heavy atom. The van der Waals surface area contributed by atoms with E-state index in [4.69, 9.17) is 4.74 Å². The van der Waals surface area contributed by atoms with Crippen LogP contribution in [0.2, 0.25) is 0 Å². The first kappa shape index (κ1) is 12.0. The first-order valence-corrected chi connectivity index (χ1v) is 6.62. The Labute approximate surface area is 113 Å². The molecule has 0 aliphatic carbocycles. The summed E-state index contributed by atoms with van der Waals surface area (Å²) in [5, 5.41) is 0. The van der Waals surface area contributed by atoms with Crippen LogP contribution < -0.4 is 4.74 Å². The third-order valence-electron chi connectivity index (χ3n) is 3.56. The molecule has 0 aromatic heterocycles. The van der Waals surface area contributed by atoms with E-state index >= 15 is 0 Å². The van der Waals surface area contributed by atoms with Crippen molar-refractivity contribution in [2.45, 2.75) is 19.8 Å². The average Bonchev–Trinajstić information content (AvgIpc) is 2.46. The summed E-state index contributed by atoms with van der Waals surface area (Å²) in [4.78, 5) is 12.5. The van der Waals surface area contributed by atoms with Gasteiger partial charge < -0.3 is 4.74 Å². The predicted molar refractivity (Wildman–Crippen MR) is 74.9 cm³/mol. The van der Waals surface area contributed by atoms with Crippen LogP contribution >= 0.6 is 0 Å². The average molecular weight is 252 g/mol. The largest absolute Gasteiger partial charge is 0.493 e. The molecule has 0 spiro atoms. The van der Waals surface area contributed by atoms with Gasteiger partial charge in [0.25, 0.3) is 0 Å². The SMILES string of the molecule is Cc1ccccc1C(=O)c1ccc2c(c1)CCCO2. The van der Waals surface area contributed by atoms with Crippen LogP contribution in [0.15, 0.2) is 42.5 Å². The van der Waals surface area contributed by atoms with Crippen LogP contribution in [0.5, 0.6) is 5.75 Å². The lowest BCUT2D eigenvalue weighted by Crippen LogP contribution is -2.10. The van der Waals surface area contributed by atoms with E-state index in [0.29, 0.717) is 0 Å². The highest BCUT2D eigenvalue weighted by Gasteiger charge is 2.15. The molecule has 0 amide bonds. The standard InChI is InChI=1S/C17H16O2/c1-12-5-2-3-7-15(12)17(18)14-8-9-16-13(11-14)6-4-10-19-16/h2-3,5,7-9,11H,4,6,10H2,1H3. The van der Waals surface area contributed by atoms with Crippen molar-refractivity contribution >= 4 is 5.78 Å². The van der Waals surface area contributed by atoms with E-state index in [1.54, 1.807) is 0 Å². The quantitative estimate of drug-likeness (QED) is 0.764. The molecule has 96 valence electrons. The number of ketones is 1. The Balaban J connectivity index is 1.98. The van der Waals surface area contributed by atoms with Gasteiger partial charge >= 0.3 is 0 Å². The molecular weight excluding hydrogens is 236 g/mol. The number of rotatable bonds is 2. The van der Waals surface area contributed by atoms with Crippen LogP contribution in [0.1, 0.15) is 33.5 Å². The van der Waals surface area contributed by atoms with Gasteiger partial charge in [0.1, 0.15) is 5.75 Å². The summed E-state index contributed by atoms with van der Waals surface area (Å²) in [5.41, 5.74) is 3.69. The first-order valence-electron chi connectivity index (χ1n) is 6.62. The minimum atomic E-state index is 0.0893. The normalized spacial score (nSPS) is 13.5. The maximum atomic E-state index is 12.5. The minimum Gasteiger partial charge on any atom is -0.493 e. The molecule has 0 unspecified atom stereocenters. The molecule has 0 saturated heterocycles. The fourth-order valence-electron chi connectivity index (χ4n) is 2.48. The molecule has 0 atom stereocenters. The van der Waals surface area contributed by atoms with E-state index in [1.807, 2.05) is 49.4 Å². The van der Waals surface area contributed by atoms with Crippen LogP contribution in [0, 0.1) is 6.92 Å². The minimum absolute atomic E-state index is 0.0893. The monoisotopic (exact) mass is 252 g/mol. The van der Waals surface area contributed by atoms with Gasteiger partial charge in [-0.1, -0.05) is 24.3 Å². The lowest BCUT2D eigenvalue weighted by Gasteiger charge is -2.17. The van der Waals surface area contributed by atoms with Crippen molar-refractivity contribution in [1.29, 1.82) is 0 Å². The number of hydrogen-bond donors (Lipinski definition) is 0. The molecule has 1 aliphatic rings. The van der Waals surface area contributed by atoms with Gasteiger partial charge in [0.15, 0.2) is 5.78 Å². The summed E-state index contributed by atoms with van der Waals surface area (Å²) in [6.45, 7) is 2.74. The highest BCUT2D eigenvalue weighted by molar-refractivity contribution is 6.10. The van der Waals surface area contributed by atoms with E-state index in [1.165, 1.54) is 0 Å². The van der Waals surface area contributed by atoms with Crippen molar-refractivity contribution in [3.05, 3.63) is 64.7 Å². The molecule has 0 bridgehead atoms. The second kappa shape index (κ2) is 4.88. The summed E-state index contributed by atoms with van der Waals surface area (Å²) in [5.74, 6) is 1.01. The molecule has 2 aromatic rings. The first-order chi connectivity index (χ1) is 9.25. The molecule has 0 radical (unpaired) electrons. The van der Waals surface area contributed by atoms with E-state index in [-0.39, 0.29) is 5.78 Å². The molecule has 19 heavy (non-hydrogen) atoms. The predicted octanol–water partition coefficient (Wildman–Crippen LogP) is 3.55. The van der Waals surface area contributed by atoms with E-state index in [0.717, 1.165) is 47.5 Å². The van der Waals surface area contributed by atoms with Crippen molar-refractivity contribution in [2.24, 2.45) is 0 Å². The summed E-state index contributed by atoms with van der Waals surface area (Å²) in [6, 6.07) is 13.5. The van der Waals surface area contributed by atoms with Gasteiger partial charge in [0, 0.05) is 11.1 Å². The molecule has 3 rings (SSSR count). The maximum absolute atomic E-state index is 12.5. The summed E-state index contributed by atoms with van der Waals surface area (Å²) < 4.78 is 5.58. The lowest BCUT2D eigenvalue weighted by atomic mass is 9.96. The van der Waals surface area contributed by atoms with Crippen LogP contribution in [0.4, 0.5) is 0 Å². The fraction of sp³-hybridized carbons (Fsp3) is 0.235. The van der Waals surface area contributed by atoms with E-state index < -0.39 is 0 Å². The number of hydrogen-bond acceptors (Lipinski definition) is 2. The zero-order valence-corrected chi connectivity index (χ0v) is 11.0. The topological polar surface area (TPSA) is 26.3 Å². The summed E-state index contributed by atoms with van der Waals surface area (Å²) >= 11 is 0. The van der Waals surface area contributed by atoms with Gasteiger partial charge in [-0.25, -0.2) is 0 Å². The van der Waals surface area contributed by atoms with Crippen molar-refractivity contribution < 1.29 is 9.53 Å². The van der Waals surface area contributed by atoms with Crippen molar-refractivity contribution in [3.8, 4) is 5.75 Å². The number of fused-ring (bicyclic) bond motifs is 1. The third kappa shape index (κ3) is 2.26. The highest BCUT2D eigenvalue weighted by atomic mass is 16.5. The van der Waals surface area contributed by atoms with E-state index in [9.17, 15) is 4.79 Å². The zero-order valence-electron chi connectivity index (χ0n) is 11.0. The van der Waals surface area contributed by atoms with Gasteiger partial charge in [-0.05, 0) is 49.1 Å². The smallest absolute Gasteiger partial charge is 0.193 e. The van der Waals surface area contributed by atoms with E-state index in [2.05, 4.69) is 0 Å². The third-order valence-corrected chi connectivity index (χ3v) is 3.56. The fourth-order valence-corrected chi connectivity index (χ4v) is 2.48. The second-order valence-electron chi connectivity index (χ2n) is 4.92. The Morgan fingerprint density at radius 1 is 1.16 bits per heavy atom. The molecule has 0 fully saturated rings. The van der Waals surface area contributed by atoms with Crippen LogP contribution in [0.25, 0.3) is 0 Å². The van der Waals surface area contributed by atoms with Crippen LogP contribution in [-0.4, -0.2) is 12.4 Å². The van der Waals surface area contributed by atoms with Gasteiger partial charge in [-0.2, -0.15) is 0 Å². The van der Waals surface area contributed by atoms with Gasteiger partial charge in [-0.3, -0.25) is 4.79 Å². The number of carbonyl (C=O) groups is 1. The van der Waals surface area contributed by atoms with Crippen LogP contribution in [0.3, 0.4) is 0 Å². The molecule has 0 saturated carbocycles. The van der Waals surface area contributed by atoms with Crippen LogP contribution in [-0.2, 0) is 6.42 Å². The molecule has 2 aromatic carbocycles. The Kier molecular flexibility index (Phi) is 3.08. The van der Waals surface area contributed by atoms with Gasteiger partial charge in [-0.15, -0.1) is 0 Å². The second-order valence-corrected chi connectivity index (χ2v) is 4.92. The molecule has 0 N–H and O–H groups in total. The van der Waals surface area contributed by atoms with Gasteiger partial charge in [0.2, 0.25) is 0 Å². The number of ether oxygens (including phenoxy) is 1. The Hall–Kier alpha value is -2.09. The zero-order chi connectivity index (χ0) is 13.2. The lowest BCUT2D eigenvalue weighted by molar-refractivity contribution is 0.103. The van der Waals surface area contributed by atoms with Gasteiger partial charge in [0.05, 0.1) is 6.61 Å². The Morgan fingerprint density at radius 3 is 2.84 bits per heavy atom. The van der Waals surface area contributed by atoms with Crippen molar-refractivity contribution in [1.82, 2.24) is 0 Å². The molecule has 1 heterocycles.